The summed E-state index contributed by atoms with van der Waals surface area (Å²) in [5.41, 5.74) is 4.34. The van der Waals surface area contributed by atoms with Crippen molar-refractivity contribution in [2.24, 2.45) is 5.92 Å². The monoisotopic (exact) mass is 530 g/mol. The van der Waals surface area contributed by atoms with Crippen LogP contribution in [-0.2, 0) is 16.1 Å². The largest absolute Gasteiger partial charge is 0.361 e. The lowest BCUT2D eigenvalue weighted by atomic mass is 10.1. The molecule has 2 unspecified atom stereocenters. The van der Waals surface area contributed by atoms with Crippen LogP contribution in [0, 0.1) is 12.8 Å². The van der Waals surface area contributed by atoms with E-state index in [0.717, 1.165) is 48.2 Å². The Morgan fingerprint density at radius 2 is 1.89 bits per heavy atom. The molecule has 6 rings (SSSR count). The van der Waals surface area contributed by atoms with Gasteiger partial charge in [-0.05, 0) is 62.9 Å². The van der Waals surface area contributed by atoms with Crippen LogP contribution in [0.1, 0.15) is 61.5 Å². The lowest BCUT2D eigenvalue weighted by Crippen LogP contribution is -2.29. The van der Waals surface area contributed by atoms with Crippen molar-refractivity contribution in [2.45, 2.75) is 63.1 Å². The van der Waals surface area contributed by atoms with Crippen LogP contribution in [0.15, 0.2) is 40.7 Å². The van der Waals surface area contributed by atoms with E-state index < -0.39 is 9.52 Å². The molecule has 38 heavy (non-hydrogen) atoms. The summed E-state index contributed by atoms with van der Waals surface area (Å²) in [7, 11) is -2.38. The van der Waals surface area contributed by atoms with Crippen LogP contribution in [0.3, 0.4) is 0 Å². The standard InChI is InChI=1S/C27H30N8O2S/c1-15-22(23(19-8-9-19)32-14-31-15)24-30-13-20-26(34-24)35(16(2)18-6-7-18)27(36)25(33-20)29-12-17-5-10-21(28-11-17)38(3,4)37/h5,10-11,13-14,16,18-19H,3,6-9,12H2,1-2,4H3,(H,29,33). The van der Waals surface area contributed by atoms with Gasteiger partial charge in [0.25, 0.3) is 5.56 Å². The highest BCUT2D eigenvalue weighted by Gasteiger charge is 2.33. The molecule has 1 N–H and O–H groups in total. The van der Waals surface area contributed by atoms with Crippen molar-refractivity contribution in [1.29, 1.82) is 0 Å². The Hall–Kier alpha value is -3.73. The molecule has 4 aromatic heterocycles. The Labute approximate surface area is 221 Å². The molecule has 2 atom stereocenters. The van der Waals surface area contributed by atoms with Crippen molar-refractivity contribution in [3.63, 3.8) is 0 Å². The molecule has 2 saturated carbocycles. The minimum atomic E-state index is -2.38. The number of pyridine rings is 1. The molecule has 0 aliphatic heterocycles. The SMILES string of the molecule is C=S(C)(=O)c1ccc(CNc2nc3cnc(-c4c(C)ncnc4C4CC4)nc3n(C(C)C3CC3)c2=O)cn1. The smallest absolute Gasteiger partial charge is 0.295 e. The minimum Gasteiger partial charge on any atom is -0.361 e. The number of aryl methyl sites for hydroxylation is 1. The highest BCUT2D eigenvalue weighted by Crippen LogP contribution is 2.43. The molecule has 0 aromatic carbocycles. The van der Waals surface area contributed by atoms with Crippen LogP contribution in [0.5, 0.6) is 0 Å². The molecular formula is C27H30N8O2S. The highest BCUT2D eigenvalue weighted by molar-refractivity contribution is 7.99. The first-order chi connectivity index (χ1) is 18.2. The van der Waals surface area contributed by atoms with Crippen LogP contribution in [-0.4, -0.2) is 50.8 Å². The molecule has 11 heteroatoms. The average Bonchev–Trinajstić information content (AvgIpc) is 3.80. The van der Waals surface area contributed by atoms with Crippen molar-refractivity contribution < 1.29 is 4.21 Å². The van der Waals surface area contributed by atoms with E-state index in [4.69, 9.17) is 4.98 Å². The van der Waals surface area contributed by atoms with Gasteiger partial charge in [0.1, 0.15) is 16.9 Å². The third-order valence-corrected chi connectivity index (χ3v) is 8.42. The van der Waals surface area contributed by atoms with Crippen molar-refractivity contribution in [3.05, 3.63) is 58.2 Å². The Balaban J connectivity index is 1.40. The van der Waals surface area contributed by atoms with Crippen molar-refractivity contribution >= 4 is 32.4 Å². The van der Waals surface area contributed by atoms with Crippen LogP contribution in [0.4, 0.5) is 5.82 Å². The molecule has 196 valence electrons. The molecule has 2 aliphatic carbocycles. The first kappa shape index (κ1) is 24.6. The van der Waals surface area contributed by atoms with Gasteiger partial charge in [-0.25, -0.2) is 29.9 Å². The van der Waals surface area contributed by atoms with Crippen LogP contribution in [0.25, 0.3) is 22.6 Å². The molecule has 4 aromatic rings. The maximum Gasteiger partial charge on any atom is 0.295 e. The summed E-state index contributed by atoms with van der Waals surface area (Å²) in [4.78, 5) is 41.1. The van der Waals surface area contributed by atoms with Gasteiger partial charge in [0.05, 0.1) is 23.1 Å². The number of anilines is 1. The molecule has 0 amide bonds. The van der Waals surface area contributed by atoms with Crippen LogP contribution in [0.2, 0.25) is 0 Å². The summed E-state index contributed by atoms with van der Waals surface area (Å²) in [6.45, 7) is 4.35. The second-order valence-corrected chi connectivity index (χ2v) is 12.9. The zero-order chi connectivity index (χ0) is 26.6. The molecule has 2 fully saturated rings. The minimum absolute atomic E-state index is 0.0250. The van der Waals surface area contributed by atoms with E-state index in [-0.39, 0.29) is 17.4 Å². The van der Waals surface area contributed by atoms with E-state index in [1.54, 1.807) is 35.6 Å². The predicted molar refractivity (Wildman–Crippen MR) is 148 cm³/mol. The Kier molecular flexibility index (Phi) is 5.97. The fourth-order valence-corrected chi connectivity index (χ4v) is 5.43. The molecule has 4 heterocycles. The maximum atomic E-state index is 13.8. The lowest BCUT2D eigenvalue weighted by molar-refractivity contribution is 0.482. The van der Waals surface area contributed by atoms with Gasteiger partial charge in [-0.15, -0.1) is 0 Å². The maximum absolute atomic E-state index is 13.8. The van der Waals surface area contributed by atoms with E-state index in [1.807, 2.05) is 13.0 Å². The molecule has 0 spiro atoms. The molecule has 2 aliphatic rings. The quantitative estimate of drug-likeness (QED) is 0.340. The third-order valence-electron chi connectivity index (χ3n) is 7.30. The number of nitrogens with zero attached hydrogens (tertiary/aromatic N) is 7. The highest BCUT2D eigenvalue weighted by atomic mass is 32.2. The summed E-state index contributed by atoms with van der Waals surface area (Å²) in [6.07, 6.45) is 10.8. The summed E-state index contributed by atoms with van der Waals surface area (Å²) in [5.74, 6) is 5.27. The van der Waals surface area contributed by atoms with E-state index in [1.165, 1.54) is 0 Å². The van der Waals surface area contributed by atoms with Crippen LogP contribution >= 0.6 is 0 Å². The normalized spacial score (nSPS) is 17.8. The number of nitrogens with one attached hydrogen (secondary N) is 1. The summed E-state index contributed by atoms with van der Waals surface area (Å²) >= 11 is 0. The van der Waals surface area contributed by atoms with E-state index in [2.05, 4.69) is 43.0 Å². The summed E-state index contributed by atoms with van der Waals surface area (Å²) in [5, 5.41) is 3.62. The fraction of sp³-hybridized carbons (Fsp3) is 0.407. The molecule has 0 saturated heterocycles. The number of hydrogen-bond donors (Lipinski definition) is 1. The van der Waals surface area contributed by atoms with Gasteiger partial charge in [0.2, 0.25) is 0 Å². The van der Waals surface area contributed by atoms with E-state index in [0.29, 0.717) is 40.4 Å². The van der Waals surface area contributed by atoms with E-state index in [9.17, 15) is 9.00 Å². The van der Waals surface area contributed by atoms with Gasteiger partial charge >= 0.3 is 0 Å². The van der Waals surface area contributed by atoms with Gasteiger partial charge in [0, 0.05) is 40.5 Å². The van der Waals surface area contributed by atoms with Gasteiger partial charge < -0.3 is 5.32 Å². The second-order valence-electron chi connectivity index (χ2n) is 10.5. The first-order valence-corrected chi connectivity index (χ1v) is 15.0. The van der Waals surface area contributed by atoms with Gasteiger partial charge in [0.15, 0.2) is 17.3 Å². The van der Waals surface area contributed by atoms with E-state index >= 15 is 0 Å². The molecule has 0 bridgehead atoms. The number of fused-ring (bicyclic) bond motifs is 1. The summed E-state index contributed by atoms with van der Waals surface area (Å²) in [6, 6.07) is 3.50. The second kappa shape index (κ2) is 9.23. The first-order valence-electron chi connectivity index (χ1n) is 12.8. The fourth-order valence-electron chi connectivity index (χ4n) is 4.80. The zero-order valence-corrected chi connectivity index (χ0v) is 22.5. The van der Waals surface area contributed by atoms with Crippen molar-refractivity contribution in [3.8, 4) is 11.4 Å². The Bertz CT molecular complexity index is 1710. The van der Waals surface area contributed by atoms with Gasteiger partial charge in [-0.3, -0.25) is 13.6 Å². The average molecular weight is 531 g/mol. The number of rotatable bonds is 8. The van der Waals surface area contributed by atoms with Crippen molar-refractivity contribution in [2.75, 3.05) is 11.6 Å². The zero-order valence-electron chi connectivity index (χ0n) is 21.7. The molecular weight excluding hydrogens is 500 g/mol. The topological polar surface area (TPSA) is 128 Å². The van der Waals surface area contributed by atoms with Crippen molar-refractivity contribution in [1.82, 2.24) is 34.5 Å². The van der Waals surface area contributed by atoms with Gasteiger partial charge in [-0.2, -0.15) is 0 Å². The lowest BCUT2D eigenvalue weighted by Gasteiger charge is -2.19. The molecule has 0 radical (unpaired) electrons. The predicted octanol–water partition coefficient (Wildman–Crippen LogP) is 3.51. The Morgan fingerprint density at radius 3 is 2.55 bits per heavy atom. The van der Waals surface area contributed by atoms with Crippen LogP contribution < -0.4 is 10.9 Å². The Morgan fingerprint density at radius 1 is 1.11 bits per heavy atom. The van der Waals surface area contributed by atoms with Gasteiger partial charge in [-0.1, -0.05) is 6.07 Å². The number of aromatic nitrogens is 7. The summed E-state index contributed by atoms with van der Waals surface area (Å²) < 4.78 is 13.9. The molecule has 10 nitrogen and oxygen atoms in total. The number of hydrogen-bond acceptors (Lipinski definition) is 9. The third kappa shape index (κ3) is 4.66.